The van der Waals surface area contributed by atoms with Gasteiger partial charge in [-0.05, 0) is 128 Å². The summed E-state index contributed by atoms with van der Waals surface area (Å²) in [6.45, 7) is 7.40. The number of carboxylic acid groups (broad SMARTS) is 3. The average Bonchev–Trinajstić information content (AvgIpc) is 3.35. The van der Waals surface area contributed by atoms with Crippen LogP contribution in [-0.2, 0) is 85.3 Å². The van der Waals surface area contributed by atoms with Gasteiger partial charge in [0, 0.05) is 67.1 Å². The molecule has 0 bridgehead atoms. The van der Waals surface area contributed by atoms with Crippen LogP contribution in [0.3, 0.4) is 0 Å². The fraction of sp³-hybridized carbons (Fsp3) is 0.446. The number of rotatable bonds is 24. The lowest BCUT2D eigenvalue weighted by Crippen LogP contribution is -2.62. The molecule has 21 heteroatoms. The maximum absolute atomic E-state index is 13.1. The molecule has 4 aromatic rings. The number of esters is 4. The molecule has 0 radical (unpaired) electrons. The van der Waals surface area contributed by atoms with E-state index in [4.69, 9.17) is 65.8 Å². The Morgan fingerprint density at radius 2 is 1.05 bits per heavy atom. The number of carbonyl (C=O) groups is 7. The van der Waals surface area contributed by atoms with Gasteiger partial charge in [-0.1, -0.05) is 65.7 Å². The summed E-state index contributed by atoms with van der Waals surface area (Å²) >= 11 is 13.7. The zero-order chi connectivity index (χ0) is 56.1. The zero-order valence-corrected chi connectivity index (χ0v) is 44.7. The first-order valence-electron chi connectivity index (χ1n) is 24.8. The molecule has 4 aromatic carbocycles. The van der Waals surface area contributed by atoms with E-state index < -0.39 is 134 Å². The standard InChI is InChI=1S/C56H62Cl2O19/c1-7-69-40-15-9-34(10-16-40)21-37-23-36(13-19-45(37)57)52-54(74-32(5)61)55(75-33(6)62)53(73-31(4)60)48(76-52)29-72-56(39-14-20-46(58)38(24-39)22-35-11-17-41(18-12-35)70-8-2)44(27-51(67)68)42(25-49(63)64)43(26-50(65)66)47(77-56)28-71-30(3)59/h9-20,23-24,42-44,47-48,52-55H,7-8,21-22,25-29H2,1-6H3,(H,63,64)(H,65,66)(H,67,68)/p-3/t42-,43+,44+,47-,48+,52-,53+,54-,55-,56+/m0/s1. The lowest BCUT2D eigenvalue weighted by molar-refractivity contribution is -0.371. The topological polar surface area (TPSA) is 272 Å². The minimum absolute atomic E-state index is 0.0134. The van der Waals surface area contributed by atoms with Crippen LogP contribution in [0.2, 0.25) is 10.0 Å². The van der Waals surface area contributed by atoms with Crippen LogP contribution in [0.5, 0.6) is 11.5 Å². The van der Waals surface area contributed by atoms with E-state index in [0.29, 0.717) is 52.8 Å². The Morgan fingerprint density at radius 3 is 1.56 bits per heavy atom. The van der Waals surface area contributed by atoms with Crippen molar-refractivity contribution in [1.29, 1.82) is 0 Å². The second-order valence-electron chi connectivity index (χ2n) is 18.6. The highest BCUT2D eigenvalue weighted by Crippen LogP contribution is 2.53. The van der Waals surface area contributed by atoms with E-state index in [9.17, 15) is 48.9 Å². The summed E-state index contributed by atoms with van der Waals surface area (Å²) in [6.07, 6.45) is -11.8. The van der Waals surface area contributed by atoms with Crippen molar-refractivity contribution in [3.05, 3.63) is 128 Å². The van der Waals surface area contributed by atoms with Crippen LogP contribution in [0.4, 0.5) is 0 Å². The first-order chi connectivity index (χ1) is 36.6. The molecular weight excluding hydrogens is 1050 g/mol. The van der Waals surface area contributed by atoms with E-state index in [0.717, 1.165) is 38.8 Å². The number of carbonyl (C=O) groups excluding carboxylic acids is 7. The summed E-state index contributed by atoms with van der Waals surface area (Å²) in [7, 11) is 0. The number of carboxylic acids is 3. The van der Waals surface area contributed by atoms with Crippen LogP contribution in [0.15, 0.2) is 84.9 Å². The maximum atomic E-state index is 13.1. The van der Waals surface area contributed by atoms with E-state index in [1.54, 1.807) is 54.6 Å². The second-order valence-corrected chi connectivity index (χ2v) is 19.4. The lowest BCUT2D eigenvalue weighted by Gasteiger charge is -2.55. The number of aliphatic carboxylic acids is 3. The monoisotopic (exact) mass is 1110 g/mol. The Bertz CT molecular complexity index is 2750. The SMILES string of the molecule is CCOc1ccc(Cc2cc([C@@H]3O[C@H](CO[C@]4(c5ccc(Cl)c(Cc6ccc(OCC)cc6)c5)O[C@@H](COC(C)=O)[C@H](CC(=O)[O-])[C@H](CC(=O)[O-])[C@H]4CC(=O)[O-])[C@@H](OC(C)=O)[C@H](OC(C)=O)[C@H]3OC(C)=O)ccc2Cl)cc1. The third-order valence-corrected chi connectivity index (χ3v) is 13.8. The molecular formula is C56H59Cl2O19-3. The highest BCUT2D eigenvalue weighted by molar-refractivity contribution is 6.31. The minimum Gasteiger partial charge on any atom is -0.550 e. The van der Waals surface area contributed by atoms with Crippen LogP contribution >= 0.6 is 23.2 Å². The van der Waals surface area contributed by atoms with Crippen molar-refractivity contribution in [2.24, 2.45) is 17.8 Å². The molecule has 2 saturated heterocycles. The molecule has 6 rings (SSSR count). The van der Waals surface area contributed by atoms with E-state index in [-0.39, 0.29) is 17.0 Å². The number of hydrogen-bond acceptors (Lipinski definition) is 19. The Morgan fingerprint density at radius 1 is 0.558 bits per heavy atom. The highest BCUT2D eigenvalue weighted by Gasteiger charge is 2.58. The van der Waals surface area contributed by atoms with Crippen LogP contribution in [0.1, 0.15) is 100 Å². The molecule has 0 amide bonds. The molecule has 414 valence electrons. The van der Waals surface area contributed by atoms with E-state index in [1.165, 1.54) is 18.2 Å². The predicted octanol–water partition coefficient (Wildman–Crippen LogP) is 4.31. The number of ether oxygens (including phenoxy) is 9. The smallest absolute Gasteiger partial charge is 0.303 e. The molecule has 2 fully saturated rings. The summed E-state index contributed by atoms with van der Waals surface area (Å²) in [4.78, 5) is 89.8. The van der Waals surface area contributed by atoms with Gasteiger partial charge in [0.15, 0.2) is 24.1 Å². The van der Waals surface area contributed by atoms with Crippen LogP contribution < -0.4 is 24.8 Å². The van der Waals surface area contributed by atoms with Crippen molar-refractivity contribution >= 4 is 65.0 Å². The van der Waals surface area contributed by atoms with Gasteiger partial charge in [-0.15, -0.1) is 0 Å². The molecule has 0 spiro atoms. The normalized spacial score (nSPS) is 23.9. The van der Waals surface area contributed by atoms with Crippen molar-refractivity contribution < 1.29 is 91.5 Å². The molecule has 0 aliphatic carbocycles. The van der Waals surface area contributed by atoms with Crippen LogP contribution in [-0.4, -0.2) is 98.7 Å². The van der Waals surface area contributed by atoms with Crippen molar-refractivity contribution in [2.75, 3.05) is 26.4 Å². The average molecular weight is 1110 g/mol. The third-order valence-electron chi connectivity index (χ3n) is 13.1. The number of benzene rings is 4. The maximum Gasteiger partial charge on any atom is 0.303 e. The van der Waals surface area contributed by atoms with E-state index >= 15 is 0 Å². The van der Waals surface area contributed by atoms with Gasteiger partial charge < -0.3 is 72.3 Å². The zero-order valence-electron chi connectivity index (χ0n) is 43.2. The number of halogens is 2. The highest BCUT2D eigenvalue weighted by atomic mass is 35.5. The first-order valence-corrected chi connectivity index (χ1v) is 25.6. The summed E-state index contributed by atoms with van der Waals surface area (Å²) in [5, 5.41) is 38.8. The summed E-state index contributed by atoms with van der Waals surface area (Å²) in [6, 6.07) is 23.7. The Labute approximate surface area is 454 Å². The lowest BCUT2D eigenvalue weighted by atomic mass is 9.66. The third kappa shape index (κ3) is 15.7. The van der Waals surface area contributed by atoms with Gasteiger partial charge >= 0.3 is 23.9 Å². The molecule has 2 aliphatic heterocycles. The van der Waals surface area contributed by atoms with Gasteiger partial charge in [0.1, 0.15) is 30.3 Å². The Hall–Kier alpha value is -6.77. The second kappa shape index (κ2) is 27.0. The summed E-state index contributed by atoms with van der Waals surface area (Å²) < 4.78 is 54.7. The molecule has 0 unspecified atom stereocenters. The molecule has 0 saturated carbocycles. The van der Waals surface area contributed by atoms with E-state index in [2.05, 4.69) is 0 Å². The minimum atomic E-state index is -2.50. The van der Waals surface area contributed by atoms with Crippen molar-refractivity contribution in [3.63, 3.8) is 0 Å². The van der Waals surface area contributed by atoms with Gasteiger partial charge in [-0.2, -0.15) is 0 Å². The van der Waals surface area contributed by atoms with E-state index in [1.807, 2.05) is 26.0 Å². The fourth-order valence-electron chi connectivity index (χ4n) is 10.1. The van der Waals surface area contributed by atoms with Gasteiger partial charge in [-0.25, -0.2) is 0 Å². The van der Waals surface area contributed by atoms with Crippen LogP contribution in [0, 0.1) is 17.8 Å². The first kappa shape index (κ1) is 59.5. The quantitative estimate of drug-likeness (QED) is 0.0698. The molecule has 10 atom stereocenters. The Balaban J connectivity index is 1.56. The summed E-state index contributed by atoms with van der Waals surface area (Å²) in [5.74, 6) is -14.5. The molecule has 0 N–H and O–H groups in total. The van der Waals surface area contributed by atoms with Gasteiger partial charge in [0.25, 0.3) is 0 Å². The molecule has 0 aromatic heterocycles. The molecule has 2 heterocycles. The predicted molar refractivity (Wildman–Crippen MR) is 266 cm³/mol. The molecule has 19 nitrogen and oxygen atoms in total. The van der Waals surface area contributed by atoms with Crippen molar-refractivity contribution in [3.8, 4) is 11.5 Å². The Kier molecular flexibility index (Phi) is 20.9. The summed E-state index contributed by atoms with van der Waals surface area (Å²) in [5.41, 5.74) is 2.94. The van der Waals surface area contributed by atoms with Crippen LogP contribution in [0.25, 0.3) is 0 Å². The van der Waals surface area contributed by atoms with Gasteiger partial charge in [0.2, 0.25) is 0 Å². The van der Waals surface area contributed by atoms with Gasteiger partial charge in [-0.3, -0.25) is 19.2 Å². The fourth-order valence-corrected chi connectivity index (χ4v) is 10.4. The number of hydrogen-bond donors (Lipinski definition) is 0. The van der Waals surface area contributed by atoms with Crippen molar-refractivity contribution in [2.45, 2.75) is 116 Å². The van der Waals surface area contributed by atoms with Crippen molar-refractivity contribution in [1.82, 2.24) is 0 Å². The molecule has 2 aliphatic rings. The largest absolute Gasteiger partial charge is 0.550 e. The van der Waals surface area contributed by atoms with Gasteiger partial charge in [0.05, 0.1) is 25.9 Å². The molecule has 77 heavy (non-hydrogen) atoms.